The van der Waals surface area contributed by atoms with Crippen molar-refractivity contribution in [3.05, 3.63) is 70.7 Å². The summed E-state index contributed by atoms with van der Waals surface area (Å²) in [7, 11) is 0. The minimum absolute atomic E-state index is 0. The fourth-order valence-corrected chi connectivity index (χ4v) is 2.59. The van der Waals surface area contributed by atoms with Gasteiger partial charge in [-0.05, 0) is 29.2 Å². The Bertz CT molecular complexity index is 737. The number of rotatable bonds is 7. The molecule has 0 saturated heterocycles. The van der Waals surface area contributed by atoms with Gasteiger partial charge in [-0.25, -0.2) is 0 Å². The Balaban J connectivity index is 0.00000364. The van der Waals surface area contributed by atoms with E-state index in [1.54, 1.807) is 12.1 Å². The molecule has 0 bridgehead atoms. The van der Waals surface area contributed by atoms with Gasteiger partial charge < -0.3 is 16.4 Å². The predicted molar refractivity (Wildman–Crippen MR) is 111 cm³/mol. The molecule has 0 aliphatic carbocycles. The molecular formula is C20H25Cl2N3O2. The van der Waals surface area contributed by atoms with Crippen LogP contribution in [-0.2, 0) is 9.59 Å². The van der Waals surface area contributed by atoms with Crippen LogP contribution in [0.1, 0.15) is 31.0 Å². The lowest BCUT2D eigenvalue weighted by atomic mass is 9.98. The zero-order valence-corrected chi connectivity index (χ0v) is 16.9. The lowest BCUT2D eigenvalue weighted by Gasteiger charge is -2.21. The van der Waals surface area contributed by atoms with Crippen LogP contribution >= 0.6 is 24.0 Å². The first-order chi connectivity index (χ1) is 12.4. The van der Waals surface area contributed by atoms with Crippen molar-refractivity contribution in [1.29, 1.82) is 0 Å². The highest BCUT2D eigenvalue weighted by molar-refractivity contribution is 6.30. The standard InChI is InChI=1S/C20H24ClN3O2.ClH/c1-13(2)18(22)20(26)23-12-17(25)24-19(14-6-4-3-5-7-14)15-8-10-16(21)11-9-15;/h3-11,13,18-19H,12,22H2,1-2H3,(H,23,26)(H,24,25);1H/t18-,19?;/m0./s1. The monoisotopic (exact) mass is 409 g/mol. The van der Waals surface area contributed by atoms with Crippen LogP contribution in [0, 0.1) is 5.92 Å². The van der Waals surface area contributed by atoms with Crippen LogP contribution in [0.2, 0.25) is 5.02 Å². The van der Waals surface area contributed by atoms with Crippen LogP contribution in [0.15, 0.2) is 54.6 Å². The Kier molecular flexibility index (Phi) is 9.29. The van der Waals surface area contributed by atoms with Crippen molar-refractivity contribution in [2.45, 2.75) is 25.9 Å². The zero-order chi connectivity index (χ0) is 19.1. The number of amides is 2. The van der Waals surface area contributed by atoms with Crippen LogP contribution in [0.5, 0.6) is 0 Å². The van der Waals surface area contributed by atoms with Gasteiger partial charge in [0, 0.05) is 5.02 Å². The Labute approximate surface area is 171 Å². The van der Waals surface area contributed by atoms with Crippen molar-refractivity contribution >= 4 is 35.8 Å². The number of hydrogen-bond acceptors (Lipinski definition) is 3. The van der Waals surface area contributed by atoms with Gasteiger partial charge >= 0.3 is 0 Å². The van der Waals surface area contributed by atoms with Gasteiger partial charge in [0.15, 0.2) is 0 Å². The summed E-state index contributed by atoms with van der Waals surface area (Å²) in [5.74, 6) is -0.625. The molecule has 2 atom stereocenters. The van der Waals surface area contributed by atoms with Crippen LogP contribution in [0.4, 0.5) is 0 Å². The number of carbonyl (C=O) groups excluding carboxylic acids is 2. The molecule has 0 heterocycles. The third-order valence-corrected chi connectivity index (χ3v) is 4.34. The van der Waals surface area contributed by atoms with E-state index in [0.29, 0.717) is 5.02 Å². The molecule has 4 N–H and O–H groups in total. The van der Waals surface area contributed by atoms with Gasteiger partial charge in [-0.1, -0.05) is 67.9 Å². The first kappa shape index (κ1) is 23.0. The van der Waals surface area contributed by atoms with Gasteiger partial charge in [-0.2, -0.15) is 0 Å². The number of carbonyl (C=O) groups is 2. The Morgan fingerprint density at radius 2 is 1.56 bits per heavy atom. The second-order valence-corrected chi connectivity index (χ2v) is 6.89. The van der Waals surface area contributed by atoms with Gasteiger partial charge in [-0.3, -0.25) is 9.59 Å². The second-order valence-electron chi connectivity index (χ2n) is 6.45. The number of hydrogen-bond donors (Lipinski definition) is 3. The molecule has 2 aromatic rings. The maximum Gasteiger partial charge on any atom is 0.240 e. The van der Waals surface area contributed by atoms with E-state index in [4.69, 9.17) is 17.3 Å². The number of nitrogens with one attached hydrogen (secondary N) is 2. The maximum atomic E-state index is 12.4. The summed E-state index contributed by atoms with van der Waals surface area (Å²) in [6.07, 6.45) is 0. The fraction of sp³-hybridized carbons (Fsp3) is 0.300. The highest BCUT2D eigenvalue weighted by Gasteiger charge is 2.20. The van der Waals surface area contributed by atoms with Crippen molar-refractivity contribution in [2.75, 3.05) is 6.54 Å². The summed E-state index contributed by atoms with van der Waals surface area (Å²) in [6, 6.07) is 15.9. The Morgan fingerprint density at radius 1 is 1.00 bits per heavy atom. The molecule has 0 spiro atoms. The minimum atomic E-state index is -0.635. The van der Waals surface area contributed by atoms with Crippen molar-refractivity contribution in [2.24, 2.45) is 11.7 Å². The molecular weight excluding hydrogens is 385 g/mol. The summed E-state index contributed by atoms with van der Waals surface area (Å²) in [5.41, 5.74) is 7.63. The van der Waals surface area contributed by atoms with Crippen molar-refractivity contribution in [3.63, 3.8) is 0 Å². The van der Waals surface area contributed by atoms with Gasteiger partial charge in [0.2, 0.25) is 11.8 Å². The van der Waals surface area contributed by atoms with Crippen LogP contribution in [0.25, 0.3) is 0 Å². The van der Waals surface area contributed by atoms with Crippen molar-refractivity contribution in [1.82, 2.24) is 10.6 Å². The van der Waals surface area contributed by atoms with Crippen LogP contribution in [-0.4, -0.2) is 24.4 Å². The first-order valence-electron chi connectivity index (χ1n) is 8.51. The SMILES string of the molecule is CC(C)[C@H](N)C(=O)NCC(=O)NC(c1ccccc1)c1ccc(Cl)cc1.Cl. The van der Waals surface area contributed by atoms with E-state index in [2.05, 4.69) is 10.6 Å². The summed E-state index contributed by atoms with van der Waals surface area (Å²) >= 11 is 5.96. The molecule has 2 amide bonds. The third kappa shape index (κ3) is 6.86. The molecule has 146 valence electrons. The summed E-state index contributed by atoms with van der Waals surface area (Å²) in [6.45, 7) is 3.59. The van der Waals surface area contributed by atoms with Crippen LogP contribution in [0.3, 0.4) is 0 Å². The van der Waals surface area contributed by atoms with E-state index in [9.17, 15) is 9.59 Å². The molecule has 1 unspecified atom stereocenters. The van der Waals surface area contributed by atoms with Gasteiger partial charge in [0.25, 0.3) is 0 Å². The first-order valence-corrected chi connectivity index (χ1v) is 8.89. The molecule has 27 heavy (non-hydrogen) atoms. The number of halogens is 2. The zero-order valence-electron chi connectivity index (χ0n) is 15.3. The van der Waals surface area contributed by atoms with Gasteiger partial charge in [0.05, 0.1) is 18.6 Å². The number of nitrogens with two attached hydrogens (primary N) is 1. The van der Waals surface area contributed by atoms with E-state index < -0.39 is 6.04 Å². The topological polar surface area (TPSA) is 84.2 Å². The van der Waals surface area contributed by atoms with Crippen LogP contribution < -0.4 is 16.4 Å². The molecule has 0 fully saturated rings. The molecule has 2 aromatic carbocycles. The highest BCUT2D eigenvalue weighted by Crippen LogP contribution is 2.23. The third-order valence-electron chi connectivity index (χ3n) is 4.09. The molecule has 0 aliphatic heterocycles. The molecule has 0 aromatic heterocycles. The van der Waals surface area contributed by atoms with E-state index >= 15 is 0 Å². The van der Waals surface area contributed by atoms with E-state index in [0.717, 1.165) is 11.1 Å². The van der Waals surface area contributed by atoms with Gasteiger partial charge in [0.1, 0.15) is 0 Å². The lowest BCUT2D eigenvalue weighted by molar-refractivity contribution is -0.127. The molecule has 0 saturated carbocycles. The molecule has 7 heteroatoms. The normalized spacial score (nSPS) is 12.6. The molecule has 2 rings (SSSR count). The average molecular weight is 410 g/mol. The largest absolute Gasteiger partial charge is 0.346 e. The number of benzene rings is 2. The van der Waals surface area contributed by atoms with E-state index in [1.807, 2.05) is 56.3 Å². The summed E-state index contributed by atoms with van der Waals surface area (Å²) < 4.78 is 0. The fourth-order valence-electron chi connectivity index (χ4n) is 2.46. The lowest BCUT2D eigenvalue weighted by Crippen LogP contribution is -2.47. The highest BCUT2D eigenvalue weighted by atomic mass is 35.5. The van der Waals surface area contributed by atoms with Gasteiger partial charge in [-0.15, -0.1) is 12.4 Å². The van der Waals surface area contributed by atoms with Crippen molar-refractivity contribution in [3.8, 4) is 0 Å². The smallest absolute Gasteiger partial charge is 0.240 e. The quantitative estimate of drug-likeness (QED) is 0.656. The maximum absolute atomic E-state index is 12.4. The Hall–Kier alpha value is -2.08. The molecule has 0 aliphatic rings. The van der Waals surface area contributed by atoms with Crippen molar-refractivity contribution < 1.29 is 9.59 Å². The summed E-state index contributed by atoms with van der Waals surface area (Å²) in [5, 5.41) is 6.17. The van der Waals surface area contributed by atoms with E-state index in [-0.39, 0.29) is 42.7 Å². The second kappa shape index (κ2) is 10.9. The molecule has 0 radical (unpaired) electrons. The predicted octanol–water partition coefficient (Wildman–Crippen LogP) is 3.07. The summed E-state index contributed by atoms with van der Waals surface area (Å²) in [4.78, 5) is 24.3. The average Bonchev–Trinajstić information content (AvgIpc) is 2.65. The Morgan fingerprint density at radius 3 is 2.11 bits per heavy atom. The minimum Gasteiger partial charge on any atom is -0.346 e. The van der Waals surface area contributed by atoms with E-state index in [1.165, 1.54) is 0 Å². The molecule has 5 nitrogen and oxygen atoms in total.